The molecule has 0 unspecified atom stereocenters. The van der Waals surface area contributed by atoms with Gasteiger partial charge in [-0.25, -0.2) is 4.79 Å². The van der Waals surface area contributed by atoms with Crippen LogP contribution in [-0.2, 0) is 6.54 Å². The molecule has 2 amide bonds. The number of carbonyl (C=O) groups is 1. The van der Waals surface area contributed by atoms with Gasteiger partial charge in [0.05, 0.1) is 0 Å². The highest BCUT2D eigenvalue weighted by Gasteiger charge is 2.22. The van der Waals surface area contributed by atoms with Crippen molar-refractivity contribution in [3.8, 4) is 0 Å². The van der Waals surface area contributed by atoms with Crippen LogP contribution in [0.5, 0.6) is 0 Å². The van der Waals surface area contributed by atoms with Gasteiger partial charge in [-0.15, -0.1) is 0 Å². The van der Waals surface area contributed by atoms with E-state index in [-0.39, 0.29) is 12.1 Å². The Hall–Kier alpha value is -1.26. The molecule has 0 spiro atoms. The minimum Gasteiger partial charge on any atom is -0.335 e. The Labute approximate surface area is 144 Å². The maximum Gasteiger partial charge on any atom is 0.317 e. The highest BCUT2D eigenvalue weighted by molar-refractivity contribution is 6.31. The lowest BCUT2D eigenvalue weighted by molar-refractivity contribution is 0.167. The molecular formula is C18H28ClN3O. The molecule has 1 heterocycles. The fraction of sp³-hybridized carbons (Fsp3) is 0.611. The van der Waals surface area contributed by atoms with Crippen molar-refractivity contribution in [1.29, 1.82) is 0 Å². The van der Waals surface area contributed by atoms with Gasteiger partial charge in [-0.3, -0.25) is 0 Å². The molecule has 0 aliphatic carbocycles. The SMILES string of the molecule is CC(C)CN1CCC(NC(=O)N(C)Cc2ccccc2Cl)CC1. The highest BCUT2D eigenvalue weighted by atomic mass is 35.5. The van der Waals surface area contributed by atoms with E-state index in [2.05, 4.69) is 24.1 Å². The molecule has 4 nitrogen and oxygen atoms in total. The Balaban J connectivity index is 1.77. The van der Waals surface area contributed by atoms with Crippen LogP contribution in [0.15, 0.2) is 24.3 Å². The molecule has 1 aliphatic rings. The van der Waals surface area contributed by atoms with Crippen molar-refractivity contribution in [2.75, 3.05) is 26.7 Å². The van der Waals surface area contributed by atoms with E-state index in [1.807, 2.05) is 31.3 Å². The maximum absolute atomic E-state index is 12.3. The summed E-state index contributed by atoms with van der Waals surface area (Å²) in [6.07, 6.45) is 2.05. The molecule has 1 aliphatic heterocycles. The summed E-state index contributed by atoms with van der Waals surface area (Å²) in [6.45, 7) is 8.30. The van der Waals surface area contributed by atoms with Gasteiger partial charge < -0.3 is 15.1 Å². The van der Waals surface area contributed by atoms with Crippen molar-refractivity contribution in [3.63, 3.8) is 0 Å². The number of urea groups is 1. The summed E-state index contributed by atoms with van der Waals surface area (Å²) in [7, 11) is 1.81. The molecule has 1 aromatic rings. The van der Waals surface area contributed by atoms with E-state index in [4.69, 9.17) is 11.6 Å². The first-order valence-electron chi connectivity index (χ1n) is 8.43. The van der Waals surface area contributed by atoms with Crippen LogP contribution in [0.1, 0.15) is 32.3 Å². The first-order valence-corrected chi connectivity index (χ1v) is 8.81. The summed E-state index contributed by atoms with van der Waals surface area (Å²) in [6, 6.07) is 7.91. The molecule has 23 heavy (non-hydrogen) atoms. The van der Waals surface area contributed by atoms with E-state index >= 15 is 0 Å². The molecule has 5 heteroatoms. The summed E-state index contributed by atoms with van der Waals surface area (Å²) < 4.78 is 0. The molecule has 0 radical (unpaired) electrons. The van der Waals surface area contributed by atoms with Crippen molar-refractivity contribution in [2.45, 2.75) is 39.3 Å². The van der Waals surface area contributed by atoms with Gasteiger partial charge >= 0.3 is 6.03 Å². The van der Waals surface area contributed by atoms with E-state index in [9.17, 15) is 4.79 Å². The number of nitrogens with zero attached hydrogens (tertiary/aromatic N) is 2. The van der Waals surface area contributed by atoms with Gasteiger partial charge in [-0.05, 0) is 30.4 Å². The molecule has 1 saturated heterocycles. The zero-order valence-corrected chi connectivity index (χ0v) is 15.1. The molecule has 1 fully saturated rings. The lowest BCUT2D eigenvalue weighted by Gasteiger charge is -2.34. The van der Waals surface area contributed by atoms with Crippen molar-refractivity contribution in [1.82, 2.24) is 15.1 Å². The lowest BCUT2D eigenvalue weighted by Crippen LogP contribution is -2.48. The summed E-state index contributed by atoms with van der Waals surface area (Å²) in [5.41, 5.74) is 0.971. The van der Waals surface area contributed by atoms with E-state index in [0.29, 0.717) is 17.5 Å². The van der Waals surface area contributed by atoms with Gasteiger partial charge in [-0.1, -0.05) is 43.6 Å². The number of halogens is 1. The van der Waals surface area contributed by atoms with Crippen molar-refractivity contribution < 1.29 is 4.79 Å². The molecule has 1 aromatic carbocycles. The summed E-state index contributed by atoms with van der Waals surface area (Å²) in [5, 5.41) is 3.85. The number of hydrogen-bond donors (Lipinski definition) is 1. The third-order valence-corrected chi connectivity index (χ3v) is 4.62. The number of nitrogens with one attached hydrogen (secondary N) is 1. The standard InChI is InChI=1S/C18H28ClN3O/c1-14(2)12-22-10-8-16(9-11-22)20-18(23)21(3)13-15-6-4-5-7-17(15)19/h4-7,14,16H,8-13H2,1-3H3,(H,20,23). The van der Waals surface area contributed by atoms with Gasteiger partial charge in [-0.2, -0.15) is 0 Å². The number of benzene rings is 1. The minimum absolute atomic E-state index is 0.0211. The second-order valence-electron chi connectivity index (χ2n) is 6.87. The number of hydrogen-bond acceptors (Lipinski definition) is 2. The fourth-order valence-corrected chi connectivity index (χ4v) is 3.21. The van der Waals surface area contributed by atoms with Crippen LogP contribution in [-0.4, -0.2) is 48.6 Å². The van der Waals surface area contributed by atoms with E-state index < -0.39 is 0 Å². The predicted molar refractivity (Wildman–Crippen MR) is 95.8 cm³/mol. The van der Waals surface area contributed by atoms with Crippen molar-refractivity contribution in [2.24, 2.45) is 5.92 Å². The van der Waals surface area contributed by atoms with Crippen LogP contribution in [0.4, 0.5) is 4.79 Å². The minimum atomic E-state index is -0.0211. The predicted octanol–water partition coefficient (Wildman–Crippen LogP) is 3.60. The quantitative estimate of drug-likeness (QED) is 0.891. The highest BCUT2D eigenvalue weighted by Crippen LogP contribution is 2.17. The molecule has 0 atom stereocenters. The number of likely N-dealkylation sites (tertiary alicyclic amines) is 1. The smallest absolute Gasteiger partial charge is 0.317 e. The molecule has 0 bridgehead atoms. The summed E-state index contributed by atoms with van der Waals surface area (Å²) in [5.74, 6) is 0.697. The van der Waals surface area contributed by atoms with Crippen molar-refractivity contribution >= 4 is 17.6 Å². The third-order valence-electron chi connectivity index (χ3n) is 4.25. The topological polar surface area (TPSA) is 35.6 Å². The van der Waals surface area contributed by atoms with Crippen LogP contribution < -0.4 is 5.32 Å². The van der Waals surface area contributed by atoms with Gasteiger partial charge in [0.15, 0.2) is 0 Å². The van der Waals surface area contributed by atoms with Crippen LogP contribution in [0.25, 0.3) is 0 Å². The van der Waals surface area contributed by atoms with Crippen LogP contribution >= 0.6 is 11.6 Å². The Morgan fingerprint density at radius 2 is 2.00 bits per heavy atom. The van der Waals surface area contributed by atoms with Gasteiger partial charge in [0, 0.05) is 44.3 Å². The normalized spacial score (nSPS) is 16.6. The van der Waals surface area contributed by atoms with Gasteiger partial charge in [0.25, 0.3) is 0 Å². The van der Waals surface area contributed by atoms with Crippen LogP contribution in [0.2, 0.25) is 5.02 Å². The molecule has 1 N–H and O–H groups in total. The largest absolute Gasteiger partial charge is 0.335 e. The van der Waals surface area contributed by atoms with Crippen LogP contribution in [0, 0.1) is 5.92 Å². The molecule has 128 valence electrons. The third kappa shape index (κ3) is 5.70. The lowest BCUT2D eigenvalue weighted by atomic mass is 10.0. The van der Waals surface area contributed by atoms with E-state index in [1.165, 1.54) is 0 Å². The van der Waals surface area contributed by atoms with Gasteiger partial charge in [0.1, 0.15) is 0 Å². The average molecular weight is 338 g/mol. The fourth-order valence-electron chi connectivity index (χ4n) is 3.02. The molecular weight excluding hydrogens is 310 g/mol. The Morgan fingerprint density at radius 1 is 1.35 bits per heavy atom. The summed E-state index contributed by atoms with van der Waals surface area (Å²) >= 11 is 6.16. The number of amides is 2. The first kappa shape index (κ1) is 18.1. The zero-order valence-electron chi connectivity index (χ0n) is 14.4. The monoisotopic (exact) mass is 337 g/mol. The van der Waals surface area contributed by atoms with Crippen LogP contribution in [0.3, 0.4) is 0 Å². The van der Waals surface area contributed by atoms with E-state index in [1.54, 1.807) is 4.90 Å². The molecule has 0 aromatic heterocycles. The second-order valence-corrected chi connectivity index (χ2v) is 7.27. The van der Waals surface area contributed by atoms with E-state index in [0.717, 1.165) is 38.0 Å². The van der Waals surface area contributed by atoms with Crippen molar-refractivity contribution in [3.05, 3.63) is 34.9 Å². The molecule has 0 saturated carbocycles. The Kier molecular flexibility index (Phi) is 6.72. The van der Waals surface area contributed by atoms with Gasteiger partial charge in [0.2, 0.25) is 0 Å². The zero-order chi connectivity index (χ0) is 16.8. The number of carbonyl (C=O) groups excluding carboxylic acids is 1. The number of rotatable bonds is 5. The second kappa shape index (κ2) is 8.55. The first-order chi connectivity index (χ1) is 11.0. The maximum atomic E-state index is 12.3. The summed E-state index contributed by atoms with van der Waals surface area (Å²) in [4.78, 5) is 16.5. The molecule has 2 rings (SSSR count). The number of piperidine rings is 1. The Morgan fingerprint density at radius 3 is 2.61 bits per heavy atom. The average Bonchev–Trinajstić information content (AvgIpc) is 2.51. The Bertz CT molecular complexity index is 513.